The highest BCUT2D eigenvalue weighted by Crippen LogP contribution is 2.25. The second-order valence-electron chi connectivity index (χ2n) is 3.04. The summed E-state index contributed by atoms with van der Waals surface area (Å²) in [5.74, 6) is -0.0139. The van der Waals surface area contributed by atoms with Crippen molar-refractivity contribution in [2.45, 2.75) is 20.8 Å². The van der Waals surface area contributed by atoms with Crippen LogP contribution in [-0.2, 0) is 4.79 Å². The smallest absolute Gasteiger partial charge is 0.223 e. The Morgan fingerprint density at radius 1 is 1.64 bits per heavy atom. The monoisotopic (exact) mass is 212 g/mol. The zero-order valence-electron chi connectivity index (χ0n) is 8.54. The Hall–Kier alpha value is -1.09. The molecule has 0 atom stereocenters. The summed E-state index contributed by atoms with van der Waals surface area (Å²) in [5, 5.41) is 0.507. The van der Waals surface area contributed by atoms with Crippen LogP contribution in [0.1, 0.15) is 19.5 Å². The minimum Gasteiger partial charge on any atom is -0.311 e. The Morgan fingerprint density at radius 2 is 2.29 bits per heavy atom. The van der Waals surface area contributed by atoms with Gasteiger partial charge >= 0.3 is 0 Å². The van der Waals surface area contributed by atoms with Crippen LogP contribution in [-0.4, -0.2) is 17.4 Å². The molecule has 1 aromatic rings. The summed E-state index contributed by atoms with van der Waals surface area (Å²) in [6.07, 6.45) is 1.57. The molecule has 0 bridgehead atoms. The number of hydrogen-bond acceptors (Lipinski definition) is 2. The number of carbonyl (C=O) groups excluding carboxylic acids is 1. The number of aryl methyl sites for hydroxylation is 1. The van der Waals surface area contributed by atoms with Crippen molar-refractivity contribution < 1.29 is 4.79 Å². The van der Waals surface area contributed by atoms with Gasteiger partial charge in [-0.1, -0.05) is 11.6 Å². The average molecular weight is 213 g/mol. The van der Waals surface area contributed by atoms with Crippen molar-refractivity contribution in [3.05, 3.63) is 23.0 Å². The SMILES string of the molecule is CCN(C(C)=O)c1cc(C)ncc1Cl. The summed E-state index contributed by atoms with van der Waals surface area (Å²) >= 11 is 5.96. The van der Waals surface area contributed by atoms with E-state index in [9.17, 15) is 4.79 Å². The Morgan fingerprint density at radius 3 is 2.79 bits per heavy atom. The van der Waals surface area contributed by atoms with E-state index < -0.39 is 0 Å². The van der Waals surface area contributed by atoms with Crippen molar-refractivity contribution in [2.24, 2.45) is 0 Å². The predicted octanol–water partition coefficient (Wildman–Crippen LogP) is 2.42. The molecule has 0 unspecified atom stereocenters. The molecule has 76 valence electrons. The van der Waals surface area contributed by atoms with E-state index in [0.717, 1.165) is 11.4 Å². The fraction of sp³-hybridized carbons (Fsp3) is 0.400. The van der Waals surface area contributed by atoms with Gasteiger partial charge in [-0.15, -0.1) is 0 Å². The quantitative estimate of drug-likeness (QED) is 0.755. The summed E-state index contributed by atoms with van der Waals surface area (Å²) in [5.41, 5.74) is 1.58. The third-order valence-corrected chi connectivity index (χ3v) is 2.25. The average Bonchev–Trinajstić information content (AvgIpc) is 2.11. The number of anilines is 1. The maximum Gasteiger partial charge on any atom is 0.223 e. The topological polar surface area (TPSA) is 33.2 Å². The van der Waals surface area contributed by atoms with E-state index in [1.165, 1.54) is 6.92 Å². The fourth-order valence-electron chi connectivity index (χ4n) is 1.30. The third kappa shape index (κ3) is 2.23. The third-order valence-electron chi connectivity index (χ3n) is 1.96. The van der Waals surface area contributed by atoms with E-state index in [-0.39, 0.29) is 5.91 Å². The molecule has 0 saturated heterocycles. The zero-order valence-corrected chi connectivity index (χ0v) is 9.30. The van der Waals surface area contributed by atoms with Crippen LogP contribution < -0.4 is 4.90 Å². The molecule has 1 rings (SSSR count). The van der Waals surface area contributed by atoms with Crippen LogP contribution in [0.3, 0.4) is 0 Å². The largest absolute Gasteiger partial charge is 0.311 e. The zero-order chi connectivity index (χ0) is 10.7. The second-order valence-corrected chi connectivity index (χ2v) is 3.45. The molecule has 0 aliphatic heterocycles. The van der Waals surface area contributed by atoms with Gasteiger partial charge in [-0.05, 0) is 19.9 Å². The van der Waals surface area contributed by atoms with Gasteiger partial charge in [0.15, 0.2) is 0 Å². The number of aromatic nitrogens is 1. The standard InChI is InChI=1S/C10H13ClN2O/c1-4-13(8(3)14)10-5-7(2)12-6-9(10)11/h5-6H,4H2,1-3H3. The molecule has 0 aliphatic carbocycles. The van der Waals surface area contributed by atoms with Gasteiger partial charge in [-0.2, -0.15) is 0 Å². The maximum absolute atomic E-state index is 11.3. The Kier molecular flexibility index (Phi) is 3.47. The molecule has 1 amide bonds. The first kappa shape index (κ1) is 11.0. The lowest BCUT2D eigenvalue weighted by Crippen LogP contribution is -2.28. The van der Waals surface area contributed by atoms with E-state index in [2.05, 4.69) is 4.98 Å². The van der Waals surface area contributed by atoms with Crippen LogP contribution in [0.4, 0.5) is 5.69 Å². The van der Waals surface area contributed by atoms with Crippen molar-refractivity contribution in [1.82, 2.24) is 4.98 Å². The lowest BCUT2D eigenvalue weighted by Gasteiger charge is -2.20. The molecular formula is C10H13ClN2O. The highest BCUT2D eigenvalue weighted by molar-refractivity contribution is 6.33. The number of rotatable bonds is 2. The number of amides is 1. The first-order chi connectivity index (χ1) is 6.56. The van der Waals surface area contributed by atoms with Gasteiger partial charge in [0.2, 0.25) is 5.91 Å². The van der Waals surface area contributed by atoms with Crippen molar-refractivity contribution in [2.75, 3.05) is 11.4 Å². The summed E-state index contributed by atoms with van der Waals surface area (Å²) in [6.45, 7) is 5.91. The summed E-state index contributed by atoms with van der Waals surface area (Å²) in [4.78, 5) is 17.0. The molecule has 0 aromatic carbocycles. The normalized spacial score (nSPS) is 10.0. The summed E-state index contributed by atoms with van der Waals surface area (Å²) in [6, 6.07) is 1.81. The first-order valence-corrected chi connectivity index (χ1v) is 4.84. The van der Waals surface area contributed by atoms with Crippen molar-refractivity contribution >= 4 is 23.2 Å². The van der Waals surface area contributed by atoms with E-state index in [0.29, 0.717) is 11.6 Å². The number of hydrogen-bond donors (Lipinski definition) is 0. The highest BCUT2D eigenvalue weighted by atomic mass is 35.5. The molecule has 0 spiro atoms. The van der Waals surface area contributed by atoms with Crippen LogP contribution in [0.5, 0.6) is 0 Å². The van der Waals surface area contributed by atoms with Gasteiger partial charge in [0, 0.05) is 25.4 Å². The number of carbonyl (C=O) groups is 1. The molecule has 14 heavy (non-hydrogen) atoms. The van der Waals surface area contributed by atoms with Crippen LogP contribution in [0.15, 0.2) is 12.3 Å². The van der Waals surface area contributed by atoms with Crippen LogP contribution in [0.2, 0.25) is 5.02 Å². The molecule has 0 aliphatic rings. The molecule has 0 N–H and O–H groups in total. The highest BCUT2D eigenvalue weighted by Gasteiger charge is 2.12. The molecular weight excluding hydrogens is 200 g/mol. The molecule has 0 fully saturated rings. The van der Waals surface area contributed by atoms with Crippen LogP contribution in [0.25, 0.3) is 0 Å². The van der Waals surface area contributed by atoms with Crippen molar-refractivity contribution in [3.8, 4) is 0 Å². The minimum absolute atomic E-state index is 0.0139. The Balaban J connectivity index is 3.15. The van der Waals surface area contributed by atoms with Gasteiger partial charge in [0.1, 0.15) is 0 Å². The van der Waals surface area contributed by atoms with Gasteiger partial charge < -0.3 is 4.90 Å². The van der Waals surface area contributed by atoms with Gasteiger partial charge in [-0.3, -0.25) is 9.78 Å². The van der Waals surface area contributed by atoms with Crippen molar-refractivity contribution in [1.29, 1.82) is 0 Å². The molecule has 0 saturated carbocycles. The summed E-state index contributed by atoms with van der Waals surface area (Å²) in [7, 11) is 0. The predicted molar refractivity (Wildman–Crippen MR) is 57.7 cm³/mol. The van der Waals surface area contributed by atoms with E-state index in [4.69, 9.17) is 11.6 Å². The number of pyridine rings is 1. The van der Waals surface area contributed by atoms with E-state index in [1.807, 2.05) is 19.9 Å². The molecule has 0 radical (unpaired) electrons. The maximum atomic E-state index is 11.3. The molecule has 1 heterocycles. The Labute approximate surface area is 88.7 Å². The molecule has 3 nitrogen and oxygen atoms in total. The van der Waals surface area contributed by atoms with Gasteiger partial charge in [0.25, 0.3) is 0 Å². The minimum atomic E-state index is -0.0139. The van der Waals surface area contributed by atoms with Crippen molar-refractivity contribution in [3.63, 3.8) is 0 Å². The molecule has 4 heteroatoms. The van der Waals surface area contributed by atoms with E-state index in [1.54, 1.807) is 11.1 Å². The number of nitrogens with zero attached hydrogens (tertiary/aromatic N) is 2. The van der Waals surface area contributed by atoms with Crippen LogP contribution >= 0.6 is 11.6 Å². The van der Waals surface area contributed by atoms with Crippen LogP contribution in [0, 0.1) is 6.92 Å². The second kappa shape index (κ2) is 4.42. The lowest BCUT2D eigenvalue weighted by atomic mass is 10.3. The number of halogens is 1. The first-order valence-electron chi connectivity index (χ1n) is 4.46. The van der Waals surface area contributed by atoms with Gasteiger partial charge in [-0.25, -0.2) is 0 Å². The molecule has 1 aromatic heterocycles. The van der Waals surface area contributed by atoms with E-state index >= 15 is 0 Å². The fourth-order valence-corrected chi connectivity index (χ4v) is 1.50. The van der Waals surface area contributed by atoms with Gasteiger partial charge in [0.05, 0.1) is 10.7 Å². The summed E-state index contributed by atoms with van der Waals surface area (Å²) < 4.78 is 0. The Bertz CT molecular complexity index is 352. The lowest BCUT2D eigenvalue weighted by molar-refractivity contribution is -0.116.